The van der Waals surface area contributed by atoms with Gasteiger partial charge in [0, 0.05) is 7.11 Å². The summed E-state index contributed by atoms with van der Waals surface area (Å²) in [5, 5.41) is 0. The Labute approximate surface area is 98.3 Å². The molecule has 0 spiro atoms. The van der Waals surface area contributed by atoms with Crippen molar-refractivity contribution in [2.45, 2.75) is 0 Å². The van der Waals surface area contributed by atoms with Crippen LogP contribution in [0.25, 0.3) is 0 Å². The predicted octanol–water partition coefficient (Wildman–Crippen LogP) is 0.103. The van der Waals surface area contributed by atoms with Crippen molar-refractivity contribution in [1.82, 2.24) is 0 Å². The zero-order chi connectivity index (χ0) is 12.7. The maximum atomic E-state index is 11.2. The van der Waals surface area contributed by atoms with Gasteiger partial charge in [-0.2, -0.15) is 0 Å². The highest BCUT2D eigenvalue weighted by molar-refractivity contribution is 5.76. The van der Waals surface area contributed by atoms with Gasteiger partial charge in [-0.1, -0.05) is 12.1 Å². The molecule has 1 aromatic carbocycles. The smallest absolute Gasteiger partial charge is 0.337 e. The van der Waals surface area contributed by atoms with Crippen LogP contribution in [0.15, 0.2) is 24.3 Å². The number of carbonyl (C=O) groups is 2. The van der Waals surface area contributed by atoms with Crippen molar-refractivity contribution in [3.05, 3.63) is 24.3 Å². The molecule has 0 atom stereocenters. The fraction of sp³-hybridized carbons (Fsp3) is 0.273. The summed E-state index contributed by atoms with van der Waals surface area (Å²) in [6, 6.07) is 6.47. The van der Waals surface area contributed by atoms with E-state index in [1.165, 1.54) is 7.11 Å². The molecule has 0 saturated heterocycles. The Balaban J connectivity index is 2.70. The molecule has 92 valence electrons. The lowest BCUT2D eigenvalue weighted by Crippen LogP contribution is -2.21. The first kappa shape index (κ1) is 13.0. The highest BCUT2D eigenvalue weighted by Crippen LogP contribution is 2.26. The van der Waals surface area contributed by atoms with Gasteiger partial charge in [-0.3, -0.25) is 4.79 Å². The minimum atomic E-state index is -0.608. The lowest BCUT2D eigenvalue weighted by molar-refractivity contribution is -0.138. The van der Waals surface area contributed by atoms with Crippen LogP contribution in [0, 0.1) is 0 Å². The Morgan fingerprint density at radius 2 is 1.82 bits per heavy atom. The second kappa shape index (κ2) is 6.49. The van der Waals surface area contributed by atoms with Crippen molar-refractivity contribution in [3.8, 4) is 11.5 Å². The van der Waals surface area contributed by atoms with E-state index >= 15 is 0 Å². The minimum Gasteiger partial charge on any atom is -0.480 e. The normalized spacial score (nSPS) is 9.71. The molecule has 0 bridgehead atoms. The van der Waals surface area contributed by atoms with Gasteiger partial charge >= 0.3 is 5.97 Å². The van der Waals surface area contributed by atoms with Gasteiger partial charge in [-0.25, -0.2) is 4.79 Å². The molecule has 0 radical (unpaired) electrons. The SMILES string of the molecule is COCC(=O)Oc1ccccc1OCC(N)=O. The number of para-hydroxylation sites is 2. The number of methoxy groups -OCH3 is 1. The molecule has 1 rings (SSSR count). The number of nitrogens with two attached hydrogens (primary N) is 1. The van der Waals surface area contributed by atoms with Gasteiger partial charge in [0.1, 0.15) is 6.61 Å². The summed E-state index contributed by atoms with van der Waals surface area (Å²) in [5.41, 5.74) is 4.95. The van der Waals surface area contributed by atoms with Crippen molar-refractivity contribution >= 4 is 11.9 Å². The molecular formula is C11H13NO5. The first-order chi connectivity index (χ1) is 8.13. The summed E-state index contributed by atoms with van der Waals surface area (Å²) in [4.78, 5) is 21.8. The van der Waals surface area contributed by atoms with Crippen LogP contribution in [0.3, 0.4) is 0 Å². The molecule has 6 heteroatoms. The third-order valence-electron chi connectivity index (χ3n) is 1.71. The second-order valence-electron chi connectivity index (χ2n) is 3.11. The van der Waals surface area contributed by atoms with Crippen LogP contribution in [0.1, 0.15) is 0 Å². The Kier molecular flexibility index (Phi) is 4.96. The third kappa shape index (κ3) is 4.52. The van der Waals surface area contributed by atoms with Crippen LogP contribution in [-0.2, 0) is 14.3 Å². The molecule has 1 amide bonds. The van der Waals surface area contributed by atoms with Crippen molar-refractivity contribution in [1.29, 1.82) is 0 Å². The molecule has 0 aromatic heterocycles. The van der Waals surface area contributed by atoms with E-state index in [9.17, 15) is 9.59 Å². The topological polar surface area (TPSA) is 87.8 Å². The van der Waals surface area contributed by atoms with Gasteiger partial charge in [0.05, 0.1) is 0 Å². The number of esters is 1. The quantitative estimate of drug-likeness (QED) is 0.562. The van der Waals surface area contributed by atoms with Crippen molar-refractivity contribution in [2.75, 3.05) is 20.3 Å². The summed E-state index contributed by atoms with van der Waals surface area (Å²) in [6.45, 7) is -0.441. The minimum absolute atomic E-state index is 0.163. The van der Waals surface area contributed by atoms with E-state index in [0.29, 0.717) is 0 Å². The van der Waals surface area contributed by atoms with Crippen LogP contribution in [0.4, 0.5) is 0 Å². The van der Waals surface area contributed by atoms with E-state index in [4.69, 9.17) is 15.2 Å². The molecule has 0 aliphatic rings. The van der Waals surface area contributed by atoms with Gasteiger partial charge in [0.25, 0.3) is 5.91 Å². The average Bonchev–Trinajstić information content (AvgIpc) is 2.28. The number of primary amides is 1. The molecule has 0 fully saturated rings. The Morgan fingerprint density at radius 3 is 2.41 bits per heavy atom. The van der Waals surface area contributed by atoms with Crippen molar-refractivity contribution in [2.24, 2.45) is 5.73 Å². The van der Waals surface area contributed by atoms with E-state index < -0.39 is 11.9 Å². The molecule has 0 aliphatic heterocycles. The van der Waals surface area contributed by atoms with Crippen LogP contribution in [-0.4, -0.2) is 32.2 Å². The Morgan fingerprint density at radius 1 is 1.18 bits per heavy atom. The Bertz CT molecular complexity index is 405. The number of hydrogen-bond acceptors (Lipinski definition) is 5. The lowest BCUT2D eigenvalue weighted by Gasteiger charge is -2.09. The number of ether oxygens (including phenoxy) is 3. The summed E-state index contributed by atoms with van der Waals surface area (Å²) in [7, 11) is 1.39. The molecule has 0 saturated carbocycles. The standard InChI is InChI=1S/C11H13NO5/c1-15-7-11(14)17-9-5-3-2-4-8(9)16-6-10(12)13/h2-5H,6-7H2,1H3,(H2,12,13). The number of hydrogen-bond donors (Lipinski definition) is 1. The first-order valence-corrected chi connectivity index (χ1v) is 4.83. The predicted molar refractivity (Wildman–Crippen MR) is 58.6 cm³/mol. The summed E-state index contributed by atoms with van der Waals surface area (Å²) < 4.78 is 14.7. The van der Waals surface area contributed by atoms with Crippen LogP contribution in [0.5, 0.6) is 11.5 Å². The van der Waals surface area contributed by atoms with Crippen LogP contribution >= 0.6 is 0 Å². The average molecular weight is 239 g/mol. The summed E-state index contributed by atoms with van der Waals surface area (Å²) in [5.74, 6) is -0.669. The van der Waals surface area contributed by atoms with E-state index in [0.717, 1.165) is 0 Å². The van der Waals surface area contributed by atoms with Crippen molar-refractivity contribution in [3.63, 3.8) is 0 Å². The van der Waals surface area contributed by atoms with Crippen LogP contribution < -0.4 is 15.2 Å². The third-order valence-corrected chi connectivity index (χ3v) is 1.71. The fourth-order valence-corrected chi connectivity index (χ4v) is 1.07. The summed E-state index contributed by atoms with van der Waals surface area (Å²) >= 11 is 0. The highest BCUT2D eigenvalue weighted by Gasteiger charge is 2.10. The summed E-state index contributed by atoms with van der Waals surface area (Å²) in [6.07, 6.45) is 0. The maximum absolute atomic E-state index is 11.2. The fourth-order valence-electron chi connectivity index (χ4n) is 1.07. The van der Waals surface area contributed by atoms with E-state index in [1.54, 1.807) is 24.3 Å². The monoisotopic (exact) mass is 239 g/mol. The zero-order valence-electron chi connectivity index (χ0n) is 9.34. The maximum Gasteiger partial charge on any atom is 0.337 e. The zero-order valence-corrected chi connectivity index (χ0v) is 9.34. The molecular weight excluding hydrogens is 226 g/mol. The highest BCUT2D eigenvalue weighted by atomic mass is 16.6. The van der Waals surface area contributed by atoms with Crippen molar-refractivity contribution < 1.29 is 23.8 Å². The number of amides is 1. The van der Waals surface area contributed by atoms with Gasteiger partial charge in [0.2, 0.25) is 0 Å². The van der Waals surface area contributed by atoms with Gasteiger partial charge in [0.15, 0.2) is 18.1 Å². The molecule has 0 aliphatic carbocycles. The molecule has 0 heterocycles. The van der Waals surface area contributed by atoms with Crippen LogP contribution in [0.2, 0.25) is 0 Å². The Hall–Kier alpha value is -2.08. The van der Waals surface area contributed by atoms with Gasteiger partial charge in [-0.05, 0) is 12.1 Å². The second-order valence-corrected chi connectivity index (χ2v) is 3.11. The first-order valence-electron chi connectivity index (χ1n) is 4.83. The number of carbonyl (C=O) groups excluding carboxylic acids is 2. The number of benzene rings is 1. The molecule has 2 N–H and O–H groups in total. The molecule has 0 unspecified atom stereocenters. The van der Waals surface area contributed by atoms with E-state index in [2.05, 4.69) is 4.74 Å². The largest absolute Gasteiger partial charge is 0.480 e. The molecule has 6 nitrogen and oxygen atoms in total. The van der Waals surface area contributed by atoms with E-state index in [1.807, 2.05) is 0 Å². The van der Waals surface area contributed by atoms with Gasteiger partial charge in [-0.15, -0.1) is 0 Å². The van der Waals surface area contributed by atoms with Gasteiger partial charge < -0.3 is 19.9 Å². The molecule has 1 aromatic rings. The van der Waals surface area contributed by atoms with E-state index in [-0.39, 0.29) is 24.7 Å². The molecule has 17 heavy (non-hydrogen) atoms. The lowest BCUT2D eigenvalue weighted by atomic mass is 10.3. The number of rotatable bonds is 6.